The summed E-state index contributed by atoms with van der Waals surface area (Å²) in [4.78, 5) is 11.1. The van der Waals surface area contributed by atoms with Gasteiger partial charge in [-0.3, -0.25) is 0 Å². The molecule has 4 nitrogen and oxygen atoms in total. The number of rotatable bonds is 2. The summed E-state index contributed by atoms with van der Waals surface area (Å²) in [6, 6.07) is 0. The molecular weight excluding hydrogens is 232 g/mol. The van der Waals surface area contributed by atoms with Gasteiger partial charge in [0.1, 0.15) is 0 Å². The van der Waals surface area contributed by atoms with E-state index < -0.39 is 5.79 Å². The lowest BCUT2D eigenvalue weighted by atomic mass is 9.93. The van der Waals surface area contributed by atoms with E-state index in [-0.39, 0.29) is 11.4 Å². The van der Waals surface area contributed by atoms with Crippen molar-refractivity contribution >= 4 is 5.97 Å². The number of carbonyl (C=O) groups excluding carboxylic acids is 1. The Labute approximate surface area is 108 Å². The fourth-order valence-corrected chi connectivity index (χ4v) is 2.16. The molecule has 18 heavy (non-hydrogen) atoms. The van der Waals surface area contributed by atoms with Crippen LogP contribution in [0.3, 0.4) is 0 Å². The average Bonchev–Trinajstić information content (AvgIpc) is 2.74. The van der Waals surface area contributed by atoms with Crippen LogP contribution in [0.2, 0.25) is 0 Å². The molecule has 1 spiro atoms. The van der Waals surface area contributed by atoms with E-state index in [1.54, 1.807) is 6.08 Å². The number of ether oxygens (including phenoxy) is 3. The van der Waals surface area contributed by atoms with Gasteiger partial charge in [0.25, 0.3) is 0 Å². The fourth-order valence-electron chi connectivity index (χ4n) is 2.16. The van der Waals surface area contributed by atoms with E-state index in [1.807, 2.05) is 0 Å². The smallest absolute Gasteiger partial charge is 0.330 e. The van der Waals surface area contributed by atoms with Crippen molar-refractivity contribution in [3.8, 4) is 0 Å². The van der Waals surface area contributed by atoms with Gasteiger partial charge >= 0.3 is 5.97 Å². The topological polar surface area (TPSA) is 44.8 Å². The molecule has 1 saturated heterocycles. The second-order valence-corrected chi connectivity index (χ2v) is 5.55. The van der Waals surface area contributed by atoms with E-state index in [0.717, 1.165) is 18.4 Å². The highest BCUT2D eigenvalue weighted by molar-refractivity contribution is 5.82. The van der Waals surface area contributed by atoms with Crippen molar-refractivity contribution in [2.45, 2.75) is 32.5 Å². The number of hydrogen-bond acceptors (Lipinski definition) is 4. The van der Waals surface area contributed by atoms with Crippen molar-refractivity contribution in [3.63, 3.8) is 0 Å². The minimum Gasteiger partial charge on any atom is -0.466 e. The second-order valence-electron chi connectivity index (χ2n) is 5.55. The predicted molar refractivity (Wildman–Crippen MR) is 66.9 cm³/mol. The molecule has 0 N–H and O–H groups in total. The molecule has 4 heteroatoms. The van der Waals surface area contributed by atoms with Crippen LogP contribution in [-0.4, -0.2) is 32.1 Å². The number of hydrogen-bond donors (Lipinski definition) is 0. The van der Waals surface area contributed by atoms with Crippen molar-refractivity contribution in [1.29, 1.82) is 0 Å². The summed E-state index contributed by atoms with van der Waals surface area (Å²) in [6.45, 7) is 5.55. The van der Waals surface area contributed by atoms with E-state index >= 15 is 0 Å². The summed E-state index contributed by atoms with van der Waals surface area (Å²) in [7, 11) is 1.36. The lowest BCUT2D eigenvalue weighted by Crippen LogP contribution is -2.47. The Balaban J connectivity index is 2.08. The predicted octanol–water partition coefficient (Wildman–Crippen LogP) is 2.21. The van der Waals surface area contributed by atoms with Crippen LogP contribution >= 0.6 is 0 Å². The molecule has 0 bridgehead atoms. The van der Waals surface area contributed by atoms with Gasteiger partial charge in [-0.1, -0.05) is 19.9 Å². The van der Waals surface area contributed by atoms with E-state index in [9.17, 15) is 4.79 Å². The Bertz CT molecular complexity index is 383. The summed E-state index contributed by atoms with van der Waals surface area (Å²) in [5.41, 5.74) is 0.966. The first-order valence-electron chi connectivity index (χ1n) is 6.22. The quantitative estimate of drug-likeness (QED) is 0.558. The van der Waals surface area contributed by atoms with Gasteiger partial charge < -0.3 is 14.2 Å². The summed E-state index contributed by atoms with van der Waals surface area (Å²) < 4.78 is 16.4. The lowest BCUT2D eigenvalue weighted by molar-refractivity contribution is -0.275. The van der Waals surface area contributed by atoms with Gasteiger partial charge in [0.15, 0.2) is 5.79 Å². The molecule has 100 valence electrons. The zero-order valence-electron chi connectivity index (χ0n) is 11.2. The maximum atomic E-state index is 11.1. The van der Waals surface area contributed by atoms with Crippen molar-refractivity contribution in [1.82, 2.24) is 0 Å². The largest absolute Gasteiger partial charge is 0.466 e. The first-order chi connectivity index (χ1) is 8.47. The summed E-state index contributed by atoms with van der Waals surface area (Å²) in [5, 5.41) is 0. The molecule has 0 aromatic carbocycles. The SMILES string of the molecule is COC(=O)/C=C/C1=CCCC12OCC(C)(C)CO2. The zero-order chi connectivity index (χ0) is 13.2. The van der Waals surface area contributed by atoms with Crippen molar-refractivity contribution in [2.75, 3.05) is 20.3 Å². The van der Waals surface area contributed by atoms with Crippen LogP contribution in [0.5, 0.6) is 0 Å². The summed E-state index contributed by atoms with van der Waals surface area (Å²) in [6.07, 6.45) is 6.91. The average molecular weight is 252 g/mol. The Morgan fingerprint density at radius 1 is 1.39 bits per heavy atom. The molecule has 1 fully saturated rings. The molecule has 1 aliphatic heterocycles. The molecule has 0 saturated carbocycles. The van der Waals surface area contributed by atoms with Gasteiger partial charge in [-0.2, -0.15) is 0 Å². The molecule has 0 aromatic rings. The lowest BCUT2D eigenvalue weighted by Gasteiger charge is -2.42. The van der Waals surface area contributed by atoms with Gasteiger partial charge in [0.2, 0.25) is 0 Å². The third-order valence-corrected chi connectivity index (χ3v) is 3.27. The molecular formula is C14H20O4. The van der Waals surface area contributed by atoms with Crippen LogP contribution < -0.4 is 0 Å². The third kappa shape index (κ3) is 2.65. The minimum atomic E-state index is -0.653. The highest BCUT2D eigenvalue weighted by Gasteiger charge is 2.44. The second kappa shape index (κ2) is 4.86. The van der Waals surface area contributed by atoms with E-state index in [2.05, 4.69) is 24.7 Å². The number of esters is 1. The zero-order valence-corrected chi connectivity index (χ0v) is 11.2. The van der Waals surface area contributed by atoms with Crippen molar-refractivity contribution in [3.05, 3.63) is 23.8 Å². The highest BCUT2D eigenvalue weighted by Crippen LogP contribution is 2.41. The van der Waals surface area contributed by atoms with Gasteiger partial charge in [-0.15, -0.1) is 0 Å². The third-order valence-electron chi connectivity index (χ3n) is 3.27. The molecule has 0 amide bonds. The molecule has 1 aliphatic carbocycles. The van der Waals surface area contributed by atoms with Crippen LogP contribution in [0, 0.1) is 5.41 Å². The summed E-state index contributed by atoms with van der Waals surface area (Å²) in [5.74, 6) is -1.02. The number of carbonyl (C=O) groups is 1. The first-order valence-corrected chi connectivity index (χ1v) is 6.22. The normalized spacial score (nSPS) is 25.4. The highest BCUT2D eigenvalue weighted by atomic mass is 16.7. The maximum absolute atomic E-state index is 11.1. The molecule has 0 radical (unpaired) electrons. The van der Waals surface area contributed by atoms with Crippen LogP contribution in [0.4, 0.5) is 0 Å². The van der Waals surface area contributed by atoms with Crippen LogP contribution in [0.15, 0.2) is 23.8 Å². The van der Waals surface area contributed by atoms with E-state index in [4.69, 9.17) is 9.47 Å². The molecule has 2 rings (SSSR count). The molecule has 0 atom stereocenters. The summed E-state index contributed by atoms with van der Waals surface area (Å²) >= 11 is 0. The standard InChI is InChI=1S/C14H20O4/c1-13(2)9-17-14(18-10-13)8-4-5-11(14)6-7-12(15)16-3/h5-7H,4,8-10H2,1-3H3/b7-6+. The number of allylic oxidation sites excluding steroid dienone is 1. The van der Waals surface area contributed by atoms with E-state index in [0.29, 0.717) is 13.2 Å². The van der Waals surface area contributed by atoms with Crippen LogP contribution in [0.25, 0.3) is 0 Å². The van der Waals surface area contributed by atoms with Gasteiger partial charge in [-0.05, 0) is 12.5 Å². The Morgan fingerprint density at radius 2 is 2.06 bits per heavy atom. The fraction of sp³-hybridized carbons (Fsp3) is 0.643. The van der Waals surface area contributed by atoms with Crippen LogP contribution in [-0.2, 0) is 19.0 Å². The van der Waals surface area contributed by atoms with Gasteiger partial charge in [0.05, 0.1) is 20.3 Å². The van der Waals surface area contributed by atoms with Gasteiger partial charge in [0, 0.05) is 23.5 Å². The Kier molecular flexibility index (Phi) is 3.59. The van der Waals surface area contributed by atoms with E-state index in [1.165, 1.54) is 13.2 Å². The van der Waals surface area contributed by atoms with Gasteiger partial charge in [-0.25, -0.2) is 4.79 Å². The monoisotopic (exact) mass is 252 g/mol. The van der Waals surface area contributed by atoms with Crippen molar-refractivity contribution < 1.29 is 19.0 Å². The Hall–Kier alpha value is -1.13. The Morgan fingerprint density at radius 3 is 2.67 bits per heavy atom. The number of methoxy groups -OCH3 is 1. The minimum absolute atomic E-state index is 0.0466. The molecule has 2 aliphatic rings. The van der Waals surface area contributed by atoms with Crippen molar-refractivity contribution in [2.24, 2.45) is 5.41 Å². The molecule has 1 heterocycles. The maximum Gasteiger partial charge on any atom is 0.330 e. The first kappa shape index (κ1) is 13.3. The van der Waals surface area contributed by atoms with Crippen LogP contribution in [0.1, 0.15) is 26.7 Å². The molecule has 0 aromatic heterocycles. The molecule has 0 unspecified atom stereocenters.